The zero-order valence-electron chi connectivity index (χ0n) is 28.3. The molecule has 256 valence electrons. The Kier molecular flexibility index (Phi) is 9.42. The molecule has 0 bridgehead atoms. The van der Waals surface area contributed by atoms with Crippen molar-refractivity contribution in [3.63, 3.8) is 0 Å². The summed E-state index contributed by atoms with van der Waals surface area (Å²) in [7, 11) is 0. The predicted molar refractivity (Wildman–Crippen MR) is 169 cm³/mol. The van der Waals surface area contributed by atoms with Crippen molar-refractivity contribution in [2.24, 2.45) is 39.4 Å². The topological polar surface area (TPSA) is 157 Å². The van der Waals surface area contributed by atoms with Crippen molar-refractivity contribution in [2.75, 3.05) is 13.2 Å². The number of hydrogen-bond donors (Lipinski definition) is 6. The summed E-state index contributed by atoms with van der Waals surface area (Å²) in [5.41, 5.74) is -0.335. The van der Waals surface area contributed by atoms with Crippen molar-refractivity contribution < 1.29 is 44.9 Å². The molecule has 0 aromatic rings. The molecular formula is C36H58O9. The summed E-state index contributed by atoms with van der Waals surface area (Å²) >= 11 is 0. The lowest BCUT2D eigenvalue weighted by Gasteiger charge is -2.65. The molecule has 0 spiro atoms. The number of aliphatic hydroxyl groups excluding tert-OH is 5. The van der Waals surface area contributed by atoms with E-state index in [1.54, 1.807) is 0 Å². The molecule has 0 aromatic heterocycles. The first-order chi connectivity index (χ1) is 20.9. The average Bonchev–Trinajstić information content (AvgIpc) is 3.25. The van der Waals surface area contributed by atoms with Crippen LogP contribution in [-0.2, 0) is 14.3 Å². The molecule has 4 aliphatic carbocycles. The van der Waals surface area contributed by atoms with Gasteiger partial charge in [0.05, 0.1) is 24.9 Å². The van der Waals surface area contributed by atoms with Crippen LogP contribution in [0.2, 0.25) is 0 Å². The second-order valence-corrected chi connectivity index (χ2v) is 16.5. The normalized spacial score (nSPS) is 47.8. The van der Waals surface area contributed by atoms with Gasteiger partial charge in [0, 0.05) is 17.3 Å². The van der Waals surface area contributed by atoms with E-state index in [1.165, 1.54) is 5.57 Å². The average molecular weight is 635 g/mol. The minimum absolute atomic E-state index is 0.00387. The lowest BCUT2D eigenvalue weighted by molar-refractivity contribution is -0.319. The number of ether oxygens (including phenoxy) is 2. The van der Waals surface area contributed by atoms with Gasteiger partial charge in [0.1, 0.15) is 30.2 Å². The Morgan fingerprint density at radius 2 is 1.73 bits per heavy atom. The van der Waals surface area contributed by atoms with E-state index in [1.807, 2.05) is 19.9 Å². The van der Waals surface area contributed by atoms with Gasteiger partial charge in [0.25, 0.3) is 0 Å². The summed E-state index contributed by atoms with van der Waals surface area (Å²) in [6.07, 6.45) is 3.03. The van der Waals surface area contributed by atoms with E-state index in [-0.39, 0.29) is 47.1 Å². The van der Waals surface area contributed by atoms with E-state index < -0.39 is 53.7 Å². The summed E-state index contributed by atoms with van der Waals surface area (Å²) in [6, 6.07) is 0. The highest BCUT2D eigenvalue weighted by Crippen LogP contribution is 2.74. The molecule has 1 heterocycles. The van der Waals surface area contributed by atoms with Gasteiger partial charge in [-0.1, -0.05) is 57.9 Å². The Bertz CT molecular complexity index is 1190. The molecule has 5 aliphatic rings. The molecular weight excluding hydrogens is 576 g/mol. The first-order valence-corrected chi connectivity index (χ1v) is 17.1. The number of Topliss-reactive ketones (excluding diaryl/α,β-unsaturated/α-hetero) is 1. The summed E-state index contributed by atoms with van der Waals surface area (Å²) in [5, 5.41) is 62.1. The number of aliphatic hydroxyl groups is 6. The maximum atomic E-state index is 14.6. The molecule has 13 unspecified atom stereocenters. The second kappa shape index (κ2) is 12.1. The third kappa shape index (κ3) is 5.32. The fraction of sp³-hybridized carbons (Fsp3) is 0.861. The Morgan fingerprint density at radius 3 is 2.38 bits per heavy atom. The van der Waals surface area contributed by atoms with Crippen molar-refractivity contribution in [2.45, 2.75) is 142 Å². The van der Waals surface area contributed by atoms with Gasteiger partial charge in [-0.3, -0.25) is 4.79 Å². The van der Waals surface area contributed by atoms with Crippen LogP contribution in [-0.4, -0.2) is 92.0 Å². The predicted octanol–water partition coefficient (Wildman–Crippen LogP) is 3.43. The summed E-state index contributed by atoms with van der Waals surface area (Å²) in [4.78, 5) is 14.6. The quantitative estimate of drug-likeness (QED) is 0.220. The van der Waals surface area contributed by atoms with Crippen molar-refractivity contribution in [3.05, 3.63) is 23.3 Å². The Labute approximate surface area is 268 Å². The van der Waals surface area contributed by atoms with Crippen molar-refractivity contribution >= 4 is 5.78 Å². The fourth-order valence-corrected chi connectivity index (χ4v) is 10.8. The Morgan fingerprint density at radius 1 is 1.04 bits per heavy atom. The highest BCUT2D eigenvalue weighted by atomic mass is 16.7. The molecule has 5 rings (SSSR count). The molecule has 3 saturated carbocycles. The van der Waals surface area contributed by atoms with Crippen LogP contribution in [0.5, 0.6) is 0 Å². The fourth-order valence-electron chi connectivity index (χ4n) is 10.8. The van der Waals surface area contributed by atoms with Gasteiger partial charge in [0.2, 0.25) is 0 Å². The summed E-state index contributed by atoms with van der Waals surface area (Å²) in [6.45, 7) is 14.4. The highest BCUT2D eigenvalue weighted by molar-refractivity contribution is 5.88. The molecule has 0 aromatic carbocycles. The molecule has 9 heteroatoms. The first kappa shape index (κ1) is 35.1. The Balaban J connectivity index is 1.40. The van der Waals surface area contributed by atoms with Crippen LogP contribution in [0.25, 0.3) is 0 Å². The molecule has 0 radical (unpaired) electrons. The van der Waals surface area contributed by atoms with E-state index in [2.05, 4.69) is 40.7 Å². The van der Waals surface area contributed by atoms with Crippen LogP contribution in [0.4, 0.5) is 0 Å². The molecule has 1 aliphatic heterocycles. The van der Waals surface area contributed by atoms with E-state index in [4.69, 9.17) is 9.47 Å². The lowest BCUT2D eigenvalue weighted by atomic mass is 9.38. The molecule has 0 amide bonds. The number of rotatable bonds is 8. The minimum Gasteiger partial charge on any atom is -0.394 e. The maximum Gasteiger partial charge on any atom is 0.187 e. The number of fused-ring (bicyclic) bond motifs is 5. The van der Waals surface area contributed by atoms with Crippen molar-refractivity contribution in [3.8, 4) is 0 Å². The maximum absolute atomic E-state index is 14.6. The molecule has 4 fully saturated rings. The van der Waals surface area contributed by atoms with Crippen LogP contribution < -0.4 is 0 Å². The third-order valence-corrected chi connectivity index (χ3v) is 13.9. The van der Waals surface area contributed by atoms with Crippen LogP contribution in [0.1, 0.15) is 99.8 Å². The second-order valence-electron chi connectivity index (χ2n) is 16.5. The van der Waals surface area contributed by atoms with Gasteiger partial charge in [-0.05, 0) is 87.4 Å². The van der Waals surface area contributed by atoms with Crippen molar-refractivity contribution in [1.82, 2.24) is 0 Å². The van der Waals surface area contributed by atoms with Gasteiger partial charge >= 0.3 is 0 Å². The van der Waals surface area contributed by atoms with Gasteiger partial charge in [-0.2, -0.15) is 0 Å². The number of hydrogen-bond acceptors (Lipinski definition) is 9. The van der Waals surface area contributed by atoms with Crippen LogP contribution in [0.3, 0.4) is 0 Å². The molecule has 45 heavy (non-hydrogen) atoms. The zero-order valence-corrected chi connectivity index (χ0v) is 28.3. The molecule has 6 N–H and O–H groups in total. The molecule has 13 atom stereocenters. The summed E-state index contributed by atoms with van der Waals surface area (Å²) < 4.78 is 12.0. The van der Waals surface area contributed by atoms with E-state index >= 15 is 0 Å². The van der Waals surface area contributed by atoms with Crippen LogP contribution >= 0.6 is 0 Å². The zero-order chi connectivity index (χ0) is 33.3. The van der Waals surface area contributed by atoms with Gasteiger partial charge in [-0.25, -0.2) is 0 Å². The van der Waals surface area contributed by atoms with Crippen LogP contribution in [0, 0.1) is 39.4 Å². The van der Waals surface area contributed by atoms with E-state index in [9.17, 15) is 35.4 Å². The summed E-state index contributed by atoms with van der Waals surface area (Å²) in [5.74, 6) is 0.462. The van der Waals surface area contributed by atoms with Crippen molar-refractivity contribution in [1.29, 1.82) is 0 Å². The lowest BCUT2D eigenvalue weighted by Crippen LogP contribution is -2.64. The Hall–Kier alpha value is -1.17. The highest BCUT2D eigenvalue weighted by Gasteiger charge is 2.71. The number of carbonyl (C=O) groups is 1. The van der Waals surface area contributed by atoms with E-state index in [0.717, 1.165) is 31.3 Å². The van der Waals surface area contributed by atoms with Gasteiger partial charge in [-0.15, -0.1) is 0 Å². The number of ketones is 1. The minimum atomic E-state index is -1.50. The third-order valence-electron chi connectivity index (χ3n) is 13.9. The first-order valence-electron chi connectivity index (χ1n) is 17.1. The standard InChI is InChI=1S/C36H58O9/c1-20(18-37)9-8-15-35(6,43)24-14-16-33(4)25-12-10-21-22(36(25,7)26(39)17-34(24,33)5)11-13-27(32(21,2)3)45-31-30(42)29(41)28(40)23(19-38)44-31/h9-10,22-25,27-31,37-38,40-43H,8,11-19H2,1-7H3/b20-9-. The molecule has 1 saturated heterocycles. The van der Waals surface area contributed by atoms with Gasteiger partial charge < -0.3 is 40.1 Å². The monoisotopic (exact) mass is 634 g/mol. The number of allylic oxidation sites excluding steroid dienone is 2. The molecule has 9 nitrogen and oxygen atoms in total. The smallest absolute Gasteiger partial charge is 0.187 e. The largest absolute Gasteiger partial charge is 0.394 e. The van der Waals surface area contributed by atoms with Gasteiger partial charge in [0.15, 0.2) is 6.29 Å². The number of carbonyl (C=O) groups excluding carboxylic acids is 1. The van der Waals surface area contributed by atoms with Crippen LogP contribution in [0.15, 0.2) is 23.3 Å². The van der Waals surface area contributed by atoms with E-state index in [0.29, 0.717) is 25.7 Å². The SMILES string of the molecule is C/C(=C/CCC(C)(O)C1CCC2(C)C3CC=C4C(CCC(OC5OC(CO)C(O)C(O)C5O)C4(C)C)C3(C)C(=O)CC12C)CO.